The maximum atomic E-state index is 12.7. The number of alkyl halides is 1. The van der Waals surface area contributed by atoms with Gasteiger partial charge < -0.3 is 9.84 Å². The second-order valence-electron chi connectivity index (χ2n) is 3.71. The van der Waals surface area contributed by atoms with Crippen LogP contribution in [0.15, 0.2) is 0 Å². The fraction of sp³-hybridized carbons (Fsp3) is 0.778. The Hall–Kier alpha value is -0.970. The highest BCUT2D eigenvalue weighted by Gasteiger charge is 2.66. The van der Waals surface area contributed by atoms with Crippen molar-refractivity contribution in [2.45, 2.75) is 12.6 Å². The van der Waals surface area contributed by atoms with Gasteiger partial charge in [-0.05, 0) is 12.3 Å². The van der Waals surface area contributed by atoms with Gasteiger partial charge in [0.1, 0.15) is 6.61 Å². The molecule has 1 N–H and O–H groups in total. The SMILES string of the molecule is O=C(OCCO)[C@H]1[C@@H]2C[C@H](F)C(=O)[C@@H]21. The van der Waals surface area contributed by atoms with Crippen LogP contribution in [0.2, 0.25) is 0 Å². The average Bonchev–Trinajstić information content (AvgIpc) is 2.79. The van der Waals surface area contributed by atoms with E-state index in [2.05, 4.69) is 4.74 Å². The number of carbonyl (C=O) groups excluding carboxylic acids is 2. The Morgan fingerprint density at radius 1 is 1.64 bits per heavy atom. The summed E-state index contributed by atoms with van der Waals surface area (Å²) < 4.78 is 17.4. The number of aliphatic hydroxyl groups is 1. The molecule has 2 fully saturated rings. The minimum Gasteiger partial charge on any atom is -0.463 e. The Morgan fingerprint density at radius 3 is 2.86 bits per heavy atom. The molecule has 2 aliphatic rings. The number of halogens is 1. The lowest BCUT2D eigenvalue weighted by Crippen LogP contribution is -2.20. The van der Waals surface area contributed by atoms with Gasteiger partial charge in [0.25, 0.3) is 0 Å². The predicted octanol–water partition coefficient (Wildman–Crippen LogP) is -0.305. The van der Waals surface area contributed by atoms with Gasteiger partial charge in [-0.3, -0.25) is 9.59 Å². The van der Waals surface area contributed by atoms with Crippen molar-refractivity contribution in [1.82, 2.24) is 0 Å². The molecule has 0 aromatic rings. The number of esters is 1. The number of hydrogen-bond donors (Lipinski definition) is 1. The minimum atomic E-state index is -1.38. The smallest absolute Gasteiger partial charge is 0.310 e. The standard InChI is InChI=1S/C9H11FO4/c10-5-3-4-6(8(5)12)7(4)9(13)14-2-1-11/h4-7,11H,1-3H2/t4-,5+,6+,7+/m1/s1. The summed E-state index contributed by atoms with van der Waals surface area (Å²) in [5.74, 6) is -1.98. The van der Waals surface area contributed by atoms with E-state index in [1.54, 1.807) is 0 Å². The van der Waals surface area contributed by atoms with Crippen LogP contribution in [0.25, 0.3) is 0 Å². The number of carbonyl (C=O) groups is 2. The molecule has 2 aliphatic carbocycles. The van der Waals surface area contributed by atoms with Crippen molar-refractivity contribution in [3.63, 3.8) is 0 Å². The molecule has 2 saturated carbocycles. The fourth-order valence-electron chi connectivity index (χ4n) is 2.18. The molecule has 0 aliphatic heterocycles. The summed E-state index contributed by atoms with van der Waals surface area (Å²) in [6.07, 6.45) is -1.23. The van der Waals surface area contributed by atoms with Gasteiger partial charge in [0.05, 0.1) is 12.5 Å². The van der Waals surface area contributed by atoms with Crippen LogP contribution < -0.4 is 0 Å². The van der Waals surface area contributed by atoms with E-state index < -0.39 is 29.8 Å². The average molecular weight is 202 g/mol. The summed E-state index contributed by atoms with van der Waals surface area (Å²) in [4.78, 5) is 22.3. The van der Waals surface area contributed by atoms with Crippen molar-refractivity contribution in [3.05, 3.63) is 0 Å². The first kappa shape index (κ1) is 9.58. The van der Waals surface area contributed by atoms with Crippen molar-refractivity contribution in [2.75, 3.05) is 13.2 Å². The first-order valence-electron chi connectivity index (χ1n) is 4.62. The number of ether oxygens (including phenoxy) is 1. The van der Waals surface area contributed by atoms with Gasteiger partial charge in [-0.15, -0.1) is 0 Å². The lowest BCUT2D eigenvalue weighted by Gasteiger charge is -2.05. The summed E-state index contributed by atoms with van der Waals surface area (Å²) in [6.45, 7) is -0.282. The van der Waals surface area contributed by atoms with Crippen molar-refractivity contribution in [1.29, 1.82) is 0 Å². The third-order valence-corrected chi connectivity index (χ3v) is 2.89. The summed E-state index contributed by atoms with van der Waals surface area (Å²) in [7, 11) is 0. The summed E-state index contributed by atoms with van der Waals surface area (Å²) in [5.41, 5.74) is 0. The fourth-order valence-corrected chi connectivity index (χ4v) is 2.18. The molecule has 0 amide bonds. The molecule has 0 saturated heterocycles. The van der Waals surface area contributed by atoms with Crippen LogP contribution in [0.3, 0.4) is 0 Å². The van der Waals surface area contributed by atoms with Crippen LogP contribution in [-0.4, -0.2) is 36.2 Å². The van der Waals surface area contributed by atoms with Crippen LogP contribution in [-0.2, 0) is 14.3 Å². The number of hydrogen-bond acceptors (Lipinski definition) is 4. The predicted molar refractivity (Wildman–Crippen MR) is 43.0 cm³/mol. The third kappa shape index (κ3) is 1.32. The molecular weight excluding hydrogens is 191 g/mol. The first-order chi connectivity index (χ1) is 6.66. The molecular formula is C9H11FO4. The van der Waals surface area contributed by atoms with E-state index in [0.717, 1.165) is 0 Å². The quantitative estimate of drug-likeness (QED) is 0.638. The number of rotatable bonds is 3. The Bertz CT molecular complexity index is 278. The van der Waals surface area contributed by atoms with Crippen molar-refractivity contribution in [2.24, 2.45) is 17.8 Å². The van der Waals surface area contributed by atoms with Crippen LogP contribution >= 0.6 is 0 Å². The Kier molecular flexibility index (Phi) is 2.26. The molecule has 0 spiro atoms. The summed E-state index contributed by atoms with van der Waals surface area (Å²) in [6, 6.07) is 0. The van der Waals surface area contributed by atoms with E-state index >= 15 is 0 Å². The van der Waals surface area contributed by atoms with Crippen LogP contribution in [0.5, 0.6) is 0 Å². The number of aliphatic hydroxyl groups excluding tert-OH is 1. The molecule has 0 unspecified atom stereocenters. The van der Waals surface area contributed by atoms with Crippen LogP contribution in [0.1, 0.15) is 6.42 Å². The first-order valence-corrected chi connectivity index (χ1v) is 4.62. The van der Waals surface area contributed by atoms with Crippen molar-refractivity contribution < 1.29 is 23.8 Å². The van der Waals surface area contributed by atoms with Crippen molar-refractivity contribution >= 4 is 11.8 Å². The van der Waals surface area contributed by atoms with Gasteiger partial charge in [-0.25, -0.2) is 4.39 Å². The maximum absolute atomic E-state index is 12.7. The Labute approximate surface area is 80.0 Å². The number of Topliss-reactive ketones (excluding diaryl/α,β-unsaturated/α-hetero) is 1. The lowest BCUT2D eigenvalue weighted by molar-refractivity contribution is -0.148. The molecule has 4 atom stereocenters. The van der Waals surface area contributed by atoms with E-state index in [-0.39, 0.29) is 25.6 Å². The van der Waals surface area contributed by atoms with Gasteiger partial charge in [0.15, 0.2) is 12.0 Å². The number of fused-ring (bicyclic) bond motifs is 1. The molecule has 78 valence electrons. The molecule has 0 radical (unpaired) electrons. The molecule has 0 aromatic heterocycles. The molecule has 0 bridgehead atoms. The van der Waals surface area contributed by atoms with Gasteiger partial charge >= 0.3 is 5.97 Å². The molecule has 0 aromatic carbocycles. The maximum Gasteiger partial charge on any atom is 0.310 e. The zero-order chi connectivity index (χ0) is 10.3. The van der Waals surface area contributed by atoms with E-state index in [0.29, 0.717) is 0 Å². The summed E-state index contributed by atoms with van der Waals surface area (Å²) >= 11 is 0. The minimum absolute atomic E-state index is 0.0536. The van der Waals surface area contributed by atoms with E-state index in [1.165, 1.54) is 0 Å². The topological polar surface area (TPSA) is 63.6 Å². The summed E-state index contributed by atoms with van der Waals surface area (Å²) in [5, 5.41) is 8.41. The van der Waals surface area contributed by atoms with E-state index in [9.17, 15) is 14.0 Å². The van der Waals surface area contributed by atoms with Gasteiger partial charge in [-0.2, -0.15) is 0 Å². The molecule has 4 nitrogen and oxygen atoms in total. The second kappa shape index (κ2) is 3.31. The van der Waals surface area contributed by atoms with Crippen molar-refractivity contribution in [3.8, 4) is 0 Å². The highest BCUT2D eigenvalue weighted by molar-refractivity contribution is 5.97. The van der Waals surface area contributed by atoms with E-state index in [4.69, 9.17) is 5.11 Å². The Balaban J connectivity index is 1.87. The van der Waals surface area contributed by atoms with Gasteiger partial charge in [0, 0.05) is 5.92 Å². The molecule has 14 heavy (non-hydrogen) atoms. The zero-order valence-corrected chi connectivity index (χ0v) is 7.48. The highest BCUT2D eigenvalue weighted by atomic mass is 19.1. The van der Waals surface area contributed by atoms with Gasteiger partial charge in [0.2, 0.25) is 0 Å². The number of ketones is 1. The van der Waals surface area contributed by atoms with Crippen LogP contribution in [0, 0.1) is 17.8 Å². The van der Waals surface area contributed by atoms with Crippen LogP contribution in [0.4, 0.5) is 4.39 Å². The van der Waals surface area contributed by atoms with Gasteiger partial charge in [-0.1, -0.05) is 0 Å². The lowest BCUT2D eigenvalue weighted by atomic mass is 10.1. The second-order valence-corrected chi connectivity index (χ2v) is 3.71. The highest BCUT2D eigenvalue weighted by Crippen LogP contribution is 2.56. The molecule has 5 heteroatoms. The van der Waals surface area contributed by atoms with E-state index in [1.807, 2.05) is 0 Å². The monoisotopic (exact) mass is 202 g/mol. The zero-order valence-electron chi connectivity index (χ0n) is 7.48. The third-order valence-electron chi connectivity index (χ3n) is 2.89. The normalized spacial score (nSPS) is 39.4. The molecule has 2 rings (SSSR count). The molecule has 0 heterocycles. The largest absolute Gasteiger partial charge is 0.463 e. The Morgan fingerprint density at radius 2 is 2.36 bits per heavy atom.